The van der Waals surface area contributed by atoms with Gasteiger partial charge in [-0.3, -0.25) is 9.59 Å². The molecule has 6 nitrogen and oxygen atoms in total. The fourth-order valence-electron chi connectivity index (χ4n) is 2.99. The molecule has 1 unspecified atom stereocenters. The first-order chi connectivity index (χ1) is 11.6. The van der Waals surface area contributed by atoms with E-state index in [0.29, 0.717) is 12.1 Å². The van der Waals surface area contributed by atoms with Crippen LogP contribution in [0, 0.1) is 0 Å². The second kappa shape index (κ2) is 5.49. The number of nitrogens with zero attached hydrogens (tertiary/aromatic N) is 2. The Labute approximate surface area is 138 Å². The zero-order valence-electron chi connectivity index (χ0n) is 13.1. The number of fused-ring (bicyclic) bond motifs is 2. The van der Waals surface area contributed by atoms with Gasteiger partial charge in [-0.25, -0.2) is 4.52 Å². The van der Waals surface area contributed by atoms with Gasteiger partial charge in [-0.1, -0.05) is 12.1 Å². The third-order valence-electron chi connectivity index (χ3n) is 4.25. The number of anilines is 1. The van der Waals surface area contributed by atoms with Crippen LogP contribution in [0.1, 0.15) is 34.6 Å². The van der Waals surface area contributed by atoms with Crippen LogP contribution in [-0.4, -0.2) is 21.4 Å². The molecule has 0 aliphatic carbocycles. The maximum atomic E-state index is 12.6. The molecule has 2 N–H and O–H groups in total. The quantitative estimate of drug-likeness (QED) is 0.777. The number of nitrogens with one attached hydrogen (secondary N) is 2. The number of hydrogen-bond donors (Lipinski definition) is 2. The number of carbonyl (C=O) groups excluding carboxylic acids is 2. The molecular weight excluding hydrogens is 304 g/mol. The SMILES string of the molecule is CC(NC(=O)c1ccc2cccnn12)c1ccc2c(c1)CC(=O)N2. The van der Waals surface area contributed by atoms with Gasteiger partial charge in [0, 0.05) is 11.9 Å². The van der Waals surface area contributed by atoms with Crippen molar-refractivity contribution in [3.63, 3.8) is 0 Å². The topological polar surface area (TPSA) is 75.5 Å². The number of benzene rings is 1. The van der Waals surface area contributed by atoms with Gasteiger partial charge in [0.1, 0.15) is 5.69 Å². The average Bonchev–Trinajstić information content (AvgIpc) is 3.16. The van der Waals surface area contributed by atoms with Gasteiger partial charge in [0.2, 0.25) is 5.91 Å². The van der Waals surface area contributed by atoms with E-state index in [1.54, 1.807) is 16.8 Å². The summed E-state index contributed by atoms with van der Waals surface area (Å²) in [6.07, 6.45) is 2.04. The van der Waals surface area contributed by atoms with Gasteiger partial charge in [0.05, 0.1) is 18.0 Å². The lowest BCUT2D eigenvalue weighted by Gasteiger charge is -2.15. The van der Waals surface area contributed by atoms with E-state index in [1.807, 2.05) is 43.3 Å². The molecule has 6 heteroatoms. The fourth-order valence-corrected chi connectivity index (χ4v) is 2.99. The lowest BCUT2D eigenvalue weighted by atomic mass is 10.0. The van der Waals surface area contributed by atoms with E-state index in [-0.39, 0.29) is 17.9 Å². The van der Waals surface area contributed by atoms with Crippen LogP contribution >= 0.6 is 0 Å². The van der Waals surface area contributed by atoms with Crippen molar-refractivity contribution in [2.75, 3.05) is 5.32 Å². The minimum Gasteiger partial charge on any atom is -0.344 e. The molecule has 0 bridgehead atoms. The van der Waals surface area contributed by atoms with Gasteiger partial charge >= 0.3 is 0 Å². The van der Waals surface area contributed by atoms with Crippen LogP contribution in [0.3, 0.4) is 0 Å². The first-order valence-electron chi connectivity index (χ1n) is 7.78. The molecule has 1 aromatic carbocycles. The van der Waals surface area contributed by atoms with Crippen LogP contribution in [0.2, 0.25) is 0 Å². The Bertz CT molecular complexity index is 961. The van der Waals surface area contributed by atoms with E-state index >= 15 is 0 Å². The summed E-state index contributed by atoms with van der Waals surface area (Å²) >= 11 is 0. The normalized spacial score (nSPS) is 14.3. The molecule has 120 valence electrons. The summed E-state index contributed by atoms with van der Waals surface area (Å²) in [5, 5.41) is 10.0. The molecule has 1 aliphatic rings. The third kappa shape index (κ3) is 2.42. The highest BCUT2D eigenvalue weighted by molar-refractivity contribution is 5.99. The predicted octanol–water partition coefficient (Wildman–Crippen LogP) is 2.32. The summed E-state index contributed by atoms with van der Waals surface area (Å²) in [5.74, 6) is -0.180. The van der Waals surface area contributed by atoms with E-state index in [0.717, 1.165) is 22.3 Å². The summed E-state index contributed by atoms with van der Waals surface area (Å²) in [6.45, 7) is 1.92. The van der Waals surface area contributed by atoms with Gasteiger partial charge < -0.3 is 10.6 Å². The summed E-state index contributed by atoms with van der Waals surface area (Å²) in [4.78, 5) is 24.0. The molecule has 1 aliphatic heterocycles. The van der Waals surface area contributed by atoms with Crippen molar-refractivity contribution in [3.8, 4) is 0 Å². The second-order valence-electron chi connectivity index (χ2n) is 5.92. The van der Waals surface area contributed by atoms with Crippen LogP contribution in [0.4, 0.5) is 5.69 Å². The maximum Gasteiger partial charge on any atom is 0.270 e. The van der Waals surface area contributed by atoms with Gasteiger partial charge in [-0.15, -0.1) is 0 Å². The number of amides is 2. The molecule has 0 spiro atoms. The maximum absolute atomic E-state index is 12.6. The van der Waals surface area contributed by atoms with Crippen molar-refractivity contribution >= 4 is 23.0 Å². The summed E-state index contributed by atoms with van der Waals surface area (Å²) in [7, 11) is 0. The first-order valence-corrected chi connectivity index (χ1v) is 7.78. The van der Waals surface area contributed by atoms with E-state index in [9.17, 15) is 9.59 Å². The molecule has 0 saturated heterocycles. The highest BCUT2D eigenvalue weighted by Crippen LogP contribution is 2.26. The van der Waals surface area contributed by atoms with Gasteiger partial charge in [-0.05, 0) is 48.4 Å². The van der Waals surface area contributed by atoms with Crippen LogP contribution < -0.4 is 10.6 Å². The smallest absolute Gasteiger partial charge is 0.270 e. The van der Waals surface area contributed by atoms with E-state index in [2.05, 4.69) is 15.7 Å². The lowest BCUT2D eigenvalue weighted by Crippen LogP contribution is -2.28. The Morgan fingerprint density at radius 2 is 2.17 bits per heavy atom. The summed E-state index contributed by atoms with van der Waals surface area (Å²) in [5.41, 5.74) is 4.15. The van der Waals surface area contributed by atoms with Crippen LogP contribution in [0.25, 0.3) is 5.52 Å². The predicted molar refractivity (Wildman–Crippen MR) is 89.8 cm³/mol. The first kappa shape index (κ1) is 14.4. The van der Waals surface area contributed by atoms with Crippen molar-refractivity contribution in [1.29, 1.82) is 0 Å². The highest BCUT2D eigenvalue weighted by atomic mass is 16.2. The average molecular weight is 320 g/mol. The molecule has 3 heterocycles. The molecule has 1 atom stereocenters. The highest BCUT2D eigenvalue weighted by Gasteiger charge is 2.20. The fraction of sp³-hybridized carbons (Fsp3) is 0.167. The molecule has 24 heavy (non-hydrogen) atoms. The monoisotopic (exact) mass is 320 g/mol. The number of carbonyl (C=O) groups is 2. The van der Waals surface area contributed by atoms with Gasteiger partial charge in [-0.2, -0.15) is 5.10 Å². The number of aromatic nitrogens is 2. The second-order valence-corrected chi connectivity index (χ2v) is 5.92. The Morgan fingerprint density at radius 3 is 3.04 bits per heavy atom. The van der Waals surface area contributed by atoms with Crippen molar-refractivity contribution in [3.05, 3.63) is 65.5 Å². The van der Waals surface area contributed by atoms with E-state index in [1.165, 1.54) is 0 Å². The molecule has 0 saturated carbocycles. The molecule has 3 aromatic rings. The molecule has 0 fully saturated rings. The third-order valence-corrected chi connectivity index (χ3v) is 4.25. The zero-order chi connectivity index (χ0) is 16.7. The van der Waals surface area contributed by atoms with E-state index in [4.69, 9.17) is 0 Å². The molecule has 0 radical (unpaired) electrons. The van der Waals surface area contributed by atoms with Crippen LogP contribution in [0.5, 0.6) is 0 Å². The molecule has 2 amide bonds. The van der Waals surface area contributed by atoms with E-state index < -0.39 is 0 Å². The Morgan fingerprint density at radius 1 is 1.29 bits per heavy atom. The lowest BCUT2D eigenvalue weighted by molar-refractivity contribution is -0.115. The summed E-state index contributed by atoms with van der Waals surface area (Å²) < 4.78 is 1.62. The minimum absolute atomic E-state index is 0.00423. The van der Waals surface area contributed by atoms with Gasteiger partial charge in [0.15, 0.2) is 0 Å². The Balaban J connectivity index is 1.56. The summed E-state index contributed by atoms with van der Waals surface area (Å²) in [6, 6.07) is 12.9. The Kier molecular flexibility index (Phi) is 3.30. The molecule has 2 aromatic heterocycles. The zero-order valence-corrected chi connectivity index (χ0v) is 13.1. The Hall–Kier alpha value is -3.15. The van der Waals surface area contributed by atoms with Crippen molar-refractivity contribution < 1.29 is 9.59 Å². The van der Waals surface area contributed by atoms with Gasteiger partial charge in [0.25, 0.3) is 5.91 Å². The molecule has 4 rings (SSSR count). The van der Waals surface area contributed by atoms with Crippen molar-refractivity contribution in [2.24, 2.45) is 0 Å². The number of rotatable bonds is 3. The largest absolute Gasteiger partial charge is 0.344 e. The molecular formula is C18H16N4O2. The standard InChI is InChI=1S/C18H16N4O2/c1-11(12-4-6-15-13(9-12)10-17(23)21-15)20-18(24)16-7-5-14-3-2-8-19-22(14)16/h2-9,11H,10H2,1H3,(H,20,24)(H,21,23). The van der Waals surface area contributed by atoms with Crippen LogP contribution in [-0.2, 0) is 11.2 Å². The number of hydrogen-bond acceptors (Lipinski definition) is 3. The van der Waals surface area contributed by atoms with Crippen LogP contribution in [0.15, 0.2) is 48.7 Å². The van der Waals surface area contributed by atoms with Crippen molar-refractivity contribution in [1.82, 2.24) is 14.9 Å². The minimum atomic E-state index is -0.184. The van der Waals surface area contributed by atoms with Crippen molar-refractivity contribution in [2.45, 2.75) is 19.4 Å².